The maximum Gasteiger partial charge on any atom is 0.320 e. The number of nitrogens with zero attached hydrogens (tertiary/aromatic N) is 5. The Kier molecular flexibility index (Phi) is 8.03. The number of tetrazole rings is 1. The summed E-state index contributed by atoms with van der Waals surface area (Å²) in [5, 5.41) is 22.3. The number of urea groups is 1. The molecule has 44 heavy (non-hydrogen) atoms. The Morgan fingerprint density at radius 1 is 0.795 bits per heavy atom. The second-order valence-corrected chi connectivity index (χ2v) is 11.4. The first kappa shape index (κ1) is 28.6. The molecular weight excluding hydrogens is 605 g/mol. The fourth-order valence-corrected chi connectivity index (χ4v) is 5.97. The number of anilines is 3. The number of rotatable bonds is 9. The number of aromatic nitrogens is 4. The minimum absolute atomic E-state index is 0.257. The summed E-state index contributed by atoms with van der Waals surface area (Å²) in [5.74, 6) is -2.04. The summed E-state index contributed by atoms with van der Waals surface area (Å²) in [7, 11) is 0. The van der Waals surface area contributed by atoms with Gasteiger partial charge in [0.15, 0.2) is 17.6 Å². The highest BCUT2D eigenvalue weighted by atomic mass is 32.1. The van der Waals surface area contributed by atoms with Crippen molar-refractivity contribution in [2.75, 3.05) is 28.2 Å². The van der Waals surface area contributed by atoms with E-state index in [1.165, 1.54) is 32.5 Å². The van der Waals surface area contributed by atoms with Gasteiger partial charge in [-0.3, -0.25) is 19.2 Å². The van der Waals surface area contributed by atoms with E-state index in [4.69, 9.17) is 0 Å². The van der Waals surface area contributed by atoms with Crippen LogP contribution in [0.3, 0.4) is 0 Å². The third kappa shape index (κ3) is 5.86. The molecule has 0 unspecified atom stereocenters. The van der Waals surface area contributed by atoms with E-state index in [2.05, 4.69) is 31.3 Å². The van der Waals surface area contributed by atoms with Gasteiger partial charge >= 0.3 is 6.03 Å². The van der Waals surface area contributed by atoms with E-state index < -0.39 is 23.9 Å². The van der Waals surface area contributed by atoms with Crippen molar-refractivity contribution in [3.8, 4) is 11.4 Å². The van der Waals surface area contributed by atoms with Crippen LogP contribution in [0.15, 0.2) is 83.6 Å². The van der Waals surface area contributed by atoms with Crippen molar-refractivity contribution in [1.82, 2.24) is 25.9 Å². The van der Waals surface area contributed by atoms with E-state index in [1.54, 1.807) is 83.6 Å². The quantitative estimate of drug-likeness (QED) is 0.165. The molecule has 4 heterocycles. The van der Waals surface area contributed by atoms with Gasteiger partial charge in [0.25, 0.3) is 11.8 Å². The average Bonchev–Trinajstić information content (AvgIpc) is 3.84. The first-order valence-electron chi connectivity index (χ1n) is 13.2. The third-order valence-electron chi connectivity index (χ3n) is 6.68. The molecule has 15 heteroatoms. The van der Waals surface area contributed by atoms with Gasteiger partial charge in [-0.15, -0.1) is 32.9 Å². The van der Waals surface area contributed by atoms with Crippen LogP contribution in [0, 0.1) is 0 Å². The first-order valence-corrected chi connectivity index (χ1v) is 14.9. The molecule has 2 aromatic carbocycles. The van der Waals surface area contributed by atoms with Gasteiger partial charge < -0.3 is 20.4 Å². The van der Waals surface area contributed by atoms with Crippen molar-refractivity contribution in [1.29, 1.82) is 0 Å². The minimum atomic E-state index is -1.75. The summed E-state index contributed by atoms with van der Waals surface area (Å²) in [6, 6.07) is 17.2. The van der Waals surface area contributed by atoms with Gasteiger partial charge in [0.1, 0.15) is 0 Å². The Bertz CT molecular complexity index is 1750. The highest BCUT2D eigenvalue weighted by Crippen LogP contribution is 2.34. The number of ketones is 2. The zero-order valence-electron chi connectivity index (χ0n) is 22.7. The molecule has 13 nitrogen and oxygen atoms in total. The fourth-order valence-electron chi connectivity index (χ4n) is 4.66. The molecule has 4 amide bonds. The summed E-state index contributed by atoms with van der Waals surface area (Å²) < 4.78 is 0. The van der Waals surface area contributed by atoms with Crippen LogP contribution in [0.1, 0.15) is 19.3 Å². The van der Waals surface area contributed by atoms with Gasteiger partial charge in [-0.05, 0) is 52.4 Å². The Hall–Kier alpha value is -5.54. The van der Waals surface area contributed by atoms with E-state index in [0.717, 1.165) is 0 Å². The van der Waals surface area contributed by atoms with Gasteiger partial charge in [0.05, 0.1) is 34.2 Å². The Balaban J connectivity index is 1.33. The number of aromatic amines is 1. The van der Waals surface area contributed by atoms with Crippen LogP contribution in [0.5, 0.6) is 0 Å². The van der Waals surface area contributed by atoms with Gasteiger partial charge in [-0.1, -0.05) is 36.4 Å². The third-order valence-corrected chi connectivity index (χ3v) is 8.51. The van der Waals surface area contributed by atoms with Crippen LogP contribution in [0.2, 0.25) is 0 Å². The predicted molar refractivity (Wildman–Crippen MR) is 164 cm³/mol. The number of amides is 4. The van der Waals surface area contributed by atoms with Crippen molar-refractivity contribution in [2.45, 2.75) is 6.04 Å². The van der Waals surface area contributed by atoms with E-state index in [9.17, 15) is 24.0 Å². The van der Waals surface area contributed by atoms with Crippen LogP contribution in [0.25, 0.3) is 11.4 Å². The molecule has 5 aromatic rings. The average molecular weight is 627 g/mol. The molecule has 0 bridgehead atoms. The maximum atomic E-state index is 14.1. The molecule has 1 aliphatic rings. The maximum absolute atomic E-state index is 14.1. The number of hydrogen-bond donors (Lipinski definition) is 3. The van der Waals surface area contributed by atoms with Crippen LogP contribution in [-0.4, -0.2) is 69.2 Å². The molecule has 1 aliphatic heterocycles. The van der Waals surface area contributed by atoms with Crippen molar-refractivity contribution < 1.29 is 24.0 Å². The number of hydrogen-bond acceptors (Lipinski definition) is 10. The highest BCUT2D eigenvalue weighted by Gasteiger charge is 2.42. The lowest BCUT2D eigenvalue weighted by Gasteiger charge is -2.24. The summed E-state index contributed by atoms with van der Waals surface area (Å²) in [6.45, 7) is -0.772. The molecular formula is C29H22N8O5S2. The largest absolute Gasteiger partial charge is 0.320 e. The summed E-state index contributed by atoms with van der Waals surface area (Å²) in [6.07, 6.45) is 0. The standard InChI is InChI=1S/C29H22N8O5S2/c38-21(23-10-4-12-43-23)15-36-19-8-1-2-9-20(19)37(16-22(39)24-11-5-13-44-24)28(41)25(27(36)40)31-29(42)30-18-7-3-6-17(14-18)26-32-34-35-33-26/h1-14,25H,15-16H2,(H2,30,31,42)(H,32,33,34,35). The molecule has 0 spiro atoms. The minimum Gasteiger partial charge on any atom is -0.318 e. The van der Waals surface area contributed by atoms with Gasteiger partial charge in [-0.25, -0.2) is 4.79 Å². The molecule has 3 aromatic heterocycles. The smallest absolute Gasteiger partial charge is 0.318 e. The molecule has 0 radical (unpaired) electrons. The van der Waals surface area contributed by atoms with Gasteiger partial charge in [0, 0.05) is 11.3 Å². The molecule has 220 valence electrons. The monoisotopic (exact) mass is 626 g/mol. The Morgan fingerprint density at radius 2 is 1.41 bits per heavy atom. The lowest BCUT2D eigenvalue weighted by molar-refractivity contribution is -0.128. The van der Waals surface area contributed by atoms with E-state index in [1.807, 2.05) is 0 Å². The number of para-hydroxylation sites is 2. The van der Waals surface area contributed by atoms with Gasteiger partial charge in [-0.2, -0.15) is 5.21 Å². The number of H-pyrrole nitrogens is 1. The Labute approximate surface area is 257 Å². The summed E-state index contributed by atoms with van der Waals surface area (Å²) in [5.41, 5.74) is 1.40. The fraction of sp³-hybridized carbons (Fsp3) is 0.103. The molecule has 3 N–H and O–H groups in total. The summed E-state index contributed by atoms with van der Waals surface area (Å²) in [4.78, 5) is 70.9. The van der Waals surface area contributed by atoms with Crippen molar-refractivity contribution in [3.63, 3.8) is 0 Å². The highest BCUT2D eigenvalue weighted by molar-refractivity contribution is 7.12. The number of nitrogens with one attached hydrogen (secondary N) is 3. The molecule has 0 fully saturated rings. The van der Waals surface area contributed by atoms with Crippen molar-refractivity contribution in [2.24, 2.45) is 0 Å². The lowest BCUT2D eigenvalue weighted by Crippen LogP contribution is -2.57. The van der Waals surface area contributed by atoms with Crippen LogP contribution in [-0.2, 0) is 9.59 Å². The number of Topliss-reactive ketones (excluding diaryl/α,β-unsaturated/α-hetero) is 2. The molecule has 0 saturated carbocycles. The van der Waals surface area contributed by atoms with Crippen LogP contribution in [0.4, 0.5) is 21.9 Å². The van der Waals surface area contributed by atoms with Gasteiger partial charge in [0.2, 0.25) is 5.82 Å². The molecule has 0 saturated heterocycles. The predicted octanol–water partition coefficient (Wildman–Crippen LogP) is 3.63. The normalized spacial score (nSPS) is 13.4. The number of fused-ring (bicyclic) bond motifs is 1. The number of benzene rings is 2. The van der Waals surface area contributed by atoms with Crippen LogP contribution < -0.4 is 20.4 Å². The van der Waals surface area contributed by atoms with Crippen LogP contribution >= 0.6 is 22.7 Å². The van der Waals surface area contributed by atoms with E-state index >= 15 is 0 Å². The number of carbonyl (C=O) groups is 5. The van der Waals surface area contributed by atoms with E-state index in [-0.39, 0.29) is 36.0 Å². The number of carbonyl (C=O) groups excluding carboxylic acids is 5. The lowest BCUT2D eigenvalue weighted by atomic mass is 10.2. The second-order valence-electron chi connectivity index (χ2n) is 9.49. The SMILES string of the molecule is O=C(Nc1cccc(-c2nn[nH]n2)c1)NC1C(=O)N(CC(=O)c2cccs2)c2ccccc2N(CC(=O)c2cccs2)C1=O. The van der Waals surface area contributed by atoms with Crippen molar-refractivity contribution in [3.05, 3.63) is 93.3 Å². The second kappa shape index (κ2) is 12.4. The summed E-state index contributed by atoms with van der Waals surface area (Å²) >= 11 is 2.45. The zero-order valence-corrected chi connectivity index (χ0v) is 24.3. The zero-order chi connectivity index (χ0) is 30.6. The topological polar surface area (TPSA) is 170 Å². The number of thiophene rings is 2. The first-order chi connectivity index (χ1) is 21.4. The van der Waals surface area contributed by atoms with E-state index in [0.29, 0.717) is 26.8 Å². The molecule has 0 aliphatic carbocycles. The molecule has 6 rings (SSSR count). The Morgan fingerprint density at radius 3 is 1.93 bits per heavy atom. The molecule has 0 atom stereocenters. The van der Waals surface area contributed by atoms with Crippen molar-refractivity contribution >= 4 is 69.1 Å².